The van der Waals surface area contributed by atoms with Crippen LogP contribution in [0.4, 0.5) is 0 Å². The number of nitrogens with zero attached hydrogens (tertiary/aromatic N) is 2. The second kappa shape index (κ2) is 5.81. The van der Waals surface area contributed by atoms with Crippen LogP contribution in [0.15, 0.2) is 23.1 Å². The molecule has 2 amide bonds. The van der Waals surface area contributed by atoms with Crippen molar-refractivity contribution in [3.8, 4) is 0 Å². The quantitative estimate of drug-likeness (QED) is 0.841. The summed E-state index contributed by atoms with van der Waals surface area (Å²) < 4.78 is 25.9. The topological polar surface area (TPSA) is 86.8 Å². The Hall–Kier alpha value is -1.93. The van der Waals surface area contributed by atoms with Crippen molar-refractivity contribution >= 4 is 21.8 Å². The third-order valence-corrected chi connectivity index (χ3v) is 7.25. The fourth-order valence-corrected chi connectivity index (χ4v) is 5.63. The van der Waals surface area contributed by atoms with Gasteiger partial charge in [0, 0.05) is 37.3 Å². The highest BCUT2D eigenvalue weighted by Crippen LogP contribution is 2.31. The van der Waals surface area contributed by atoms with Crippen LogP contribution in [0.5, 0.6) is 0 Å². The monoisotopic (exact) mass is 363 g/mol. The molecule has 134 valence electrons. The van der Waals surface area contributed by atoms with Gasteiger partial charge in [0.05, 0.1) is 5.56 Å². The zero-order valence-corrected chi connectivity index (χ0v) is 14.9. The fraction of sp³-hybridized carbons (Fsp3) is 0.529. The standard InChI is InChI=1S/C17H21N3O4S/c1-2-20-17(22)14-6-3-11(9-15(14)25(20,23)24)16(21)19-8-7-12-4-5-13(10-19)18-12/h3,6,9,12-13,18H,2,4-5,7-8,10H2,1H3. The Bertz CT molecular complexity index is 851. The Morgan fingerprint density at radius 1 is 1.24 bits per heavy atom. The molecule has 4 rings (SSSR count). The summed E-state index contributed by atoms with van der Waals surface area (Å²) in [6, 6.07) is 5.16. The average Bonchev–Trinajstić information content (AvgIpc) is 3.01. The lowest BCUT2D eigenvalue weighted by molar-refractivity contribution is 0.0747. The minimum absolute atomic E-state index is 0.0559. The summed E-state index contributed by atoms with van der Waals surface area (Å²) in [5.74, 6) is -0.692. The zero-order valence-electron chi connectivity index (χ0n) is 14.1. The summed E-state index contributed by atoms with van der Waals surface area (Å²) in [7, 11) is -3.85. The van der Waals surface area contributed by atoms with Crippen molar-refractivity contribution in [1.82, 2.24) is 14.5 Å². The summed E-state index contributed by atoms with van der Waals surface area (Å²) in [6.45, 7) is 3.00. The van der Waals surface area contributed by atoms with Crippen molar-refractivity contribution in [2.75, 3.05) is 19.6 Å². The lowest BCUT2D eigenvalue weighted by Gasteiger charge is -2.24. The van der Waals surface area contributed by atoms with Gasteiger partial charge in [0.2, 0.25) is 0 Å². The molecular formula is C17H21N3O4S. The van der Waals surface area contributed by atoms with Gasteiger partial charge in [-0.05, 0) is 44.4 Å². The number of fused-ring (bicyclic) bond motifs is 3. The minimum Gasteiger partial charge on any atom is -0.337 e. The van der Waals surface area contributed by atoms with Gasteiger partial charge in [0.15, 0.2) is 0 Å². The maximum absolute atomic E-state index is 12.9. The van der Waals surface area contributed by atoms with E-state index in [1.165, 1.54) is 12.1 Å². The van der Waals surface area contributed by atoms with Crippen LogP contribution in [0, 0.1) is 0 Å². The predicted molar refractivity (Wildman–Crippen MR) is 90.8 cm³/mol. The van der Waals surface area contributed by atoms with Crippen LogP contribution in [0.3, 0.4) is 0 Å². The van der Waals surface area contributed by atoms with E-state index in [1.807, 2.05) is 0 Å². The van der Waals surface area contributed by atoms with Gasteiger partial charge in [-0.15, -0.1) is 0 Å². The van der Waals surface area contributed by atoms with Gasteiger partial charge in [0.25, 0.3) is 21.8 Å². The van der Waals surface area contributed by atoms with Gasteiger partial charge in [-0.25, -0.2) is 12.7 Å². The molecule has 8 heteroatoms. The smallest absolute Gasteiger partial charge is 0.268 e. The number of sulfonamides is 1. The second-order valence-corrected chi connectivity index (χ2v) is 8.69. The lowest BCUT2D eigenvalue weighted by Crippen LogP contribution is -2.39. The number of carbonyl (C=O) groups excluding carboxylic acids is 2. The number of rotatable bonds is 2. The zero-order chi connectivity index (χ0) is 17.8. The van der Waals surface area contributed by atoms with Gasteiger partial charge < -0.3 is 10.2 Å². The van der Waals surface area contributed by atoms with E-state index < -0.39 is 15.9 Å². The summed E-state index contributed by atoms with van der Waals surface area (Å²) in [5, 5.41) is 3.52. The maximum atomic E-state index is 12.9. The predicted octanol–water partition coefficient (Wildman–Crippen LogP) is 0.817. The highest BCUT2D eigenvalue weighted by Gasteiger charge is 2.41. The maximum Gasteiger partial charge on any atom is 0.268 e. The molecule has 0 saturated carbocycles. The summed E-state index contributed by atoms with van der Waals surface area (Å²) in [5.41, 5.74) is 0.473. The first-order valence-corrected chi connectivity index (χ1v) is 10.1. The van der Waals surface area contributed by atoms with Crippen LogP contribution < -0.4 is 5.32 Å². The molecule has 0 radical (unpaired) electrons. The van der Waals surface area contributed by atoms with E-state index in [0.717, 1.165) is 23.6 Å². The molecule has 7 nitrogen and oxygen atoms in total. The molecule has 0 aliphatic carbocycles. The molecule has 2 atom stereocenters. The van der Waals surface area contributed by atoms with Gasteiger partial charge in [-0.1, -0.05) is 0 Å². The Labute approximate surface area is 147 Å². The van der Waals surface area contributed by atoms with Gasteiger partial charge in [0.1, 0.15) is 4.90 Å². The van der Waals surface area contributed by atoms with E-state index in [0.29, 0.717) is 30.7 Å². The molecule has 2 bridgehead atoms. The summed E-state index contributed by atoms with van der Waals surface area (Å²) in [6.07, 6.45) is 3.12. The Morgan fingerprint density at radius 3 is 2.76 bits per heavy atom. The van der Waals surface area contributed by atoms with Crippen LogP contribution in [0.25, 0.3) is 0 Å². The first kappa shape index (κ1) is 16.5. The number of hydrogen-bond acceptors (Lipinski definition) is 5. The summed E-state index contributed by atoms with van der Waals surface area (Å²) >= 11 is 0. The van der Waals surface area contributed by atoms with Gasteiger partial charge >= 0.3 is 0 Å². The molecule has 3 aliphatic rings. The van der Waals surface area contributed by atoms with Crippen LogP contribution in [-0.4, -0.2) is 61.2 Å². The highest BCUT2D eigenvalue weighted by molar-refractivity contribution is 7.90. The highest BCUT2D eigenvalue weighted by atomic mass is 32.2. The Kier molecular flexibility index (Phi) is 3.84. The summed E-state index contributed by atoms with van der Waals surface area (Å²) in [4.78, 5) is 26.8. The van der Waals surface area contributed by atoms with Crippen molar-refractivity contribution in [2.24, 2.45) is 0 Å². The van der Waals surface area contributed by atoms with Crippen molar-refractivity contribution < 1.29 is 18.0 Å². The Balaban J connectivity index is 1.65. The van der Waals surface area contributed by atoms with E-state index in [1.54, 1.807) is 17.9 Å². The number of likely N-dealkylation sites (tertiary alicyclic amines) is 1. The van der Waals surface area contributed by atoms with Crippen LogP contribution in [-0.2, 0) is 10.0 Å². The molecular weight excluding hydrogens is 342 g/mol. The molecule has 25 heavy (non-hydrogen) atoms. The molecule has 0 aromatic heterocycles. The minimum atomic E-state index is -3.85. The van der Waals surface area contributed by atoms with E-state index in [4.69, 9.17) is 0 Å². The molecule has 2 fully saturated rings. The van der Waals surface area contributed by atoms with Crippen molar-refractivity contribution in [3.63, 3.8) is 0 Å². The van der Waals surface area contributed by atoms with Crippen LogP contribution >= 0.6 is 0 Å². The van der Waals surface area contributed by atoms with E-state index in [2.05, 4.69) is 5.32 Å². The second-order valence-electron chi connectivity index (χ2n) is 6.86. The van der Waals surface area contributed by atoms with E-state index in [9.17, 15) is 18.0 Å². The molecule has 3 heterocycles. The number of benzene rings is 1. The molecule has 1 N–H and O–H groups in total. The molecule has 1 aromatic carbocycles. The number of amides is 2. The number of carbonyl (C=O) groups is 2. The number of nitrogens with one attached hydrogen (secondary N) is 1. The molecule has 2 unspecified atom stereocenters. The van der Waals surface area contributed by atoms with Crippen LogP contribution in [0.2, 0.25) is 0 Å². The normalized spacial score (nSPS) is 27.3. The number of hydrogen-bond donors (Lipinski definition) is 1. The molecule has 1 aromatic rings. The van der Waals surface area contributed by atoms with Gasteiger partial charge in [-0.3, -0.25) is 9.59 Å². The van der Waals surface area contributed by atoms with E-state index in [-0.39, 0.29) is 22.9 Å². The molecule has 3 aliphatic heterocycles. The average molecular weight is 363 g/mol. The fourth-order valence-electron chi connectivity index (χ4n) is 4.03. The van der Waals surface area contributed by atoms with Crippen molar-refractivity contribution in [2.45, 2.75) is 43.2 Å². The first-order valence-electron chi connectivity index (χ1n) is 8.68. The third-order valence-electron chi connectivity index (χ3n) is 5.35. The van der Waals surface area contributed by atoms with Crippen molar-refractivity contribution in [3.05, 3.63) is 29.3 Å². The van der Waals surface area contributed by atoms with Crippen molar-refractivity contribution in [1.29, 1.82) is 0 Å². The third kappa shape index (κ3) is 2.55. The SMILES string of the molecule is CCN1C(=O)c2ccc(C(=O)N3CCC4CCC(C3)N4)cc2S1(=O)=O. The lowest BCUT2D eigenvalue weighted by atomic mass is 10.1. The van der Waals surface area contributed by atoms with Gasteiger partial charge in [-0.2, -0.15) is 0 Å². The van der Waals surface area contributed by atoms with E-state index >= 15 is 0 Å². The first-order chi connectivity index (χ1) is 11.9. The molecule has 0 spiro atoms. The van der Waals surface area contributed by atoms with Crippen LogP contribution in [0.1, 0.15) is 46.9 Å². The largest absolute Gasteiger partial charge is 0.337 e. The Morgan fingerprint density at radius 2 is 2.00 bits per heavy atom. The molecule has 2 saturated heterocycles.